The van der Waals surface area contributed by atoms with Gasteiger partial charge in [0.25, 0.3) is 0 Å². The van der Waals surface area contributed by atoms with Gasteiger partial charge in [0.1, 0.15) is 0 Å². The van der Waals surface area contributed by atoms with Crippen LogP contribution in [0.4, 0.5) is 0 Å². The topological polar surface area (TPSA) is 41.6 Å². The second kappa shape index (κ2) is 17.5. The molecule has 1 N–H and O–H groups in total. The Labute approximate surface area is 155 Å². The summed E-state index contributed by atoms with van der Waals surface area (Å²) in [6.07, 6.45) is 13.5. The standard InChI is InChI=1S/C19H38N2O2.ClH/c1-2-3-4-5-6-7-8-9-10-12-19(22)20-13-11-14-21-15-17-23-18-16-21;/h2-18H2,1H3,(H,20,22);1H. The number of carbonyl (C=O) groups is 1. The number of halogens is 1. The summed E-state index contributed by atoms with van der Waals surface area (Å²) >= 11 is 0. The van der Waals surface area contributed by atoms with E-state index in [2.05, 4.69) is 17.1 Å². The van der Waals surface area contributed by atoms with E-state index in [9.17, 15) is 4.79 Å². The number of carbonyl (C=O) groups excluding carboxylic acids is 1. The van der Waals surface area contributed by atoms with Gasteiger partial charge in [-0.3, -0.25) is 9.69 Å². The van der Waals surface area contributed by atoms with Gasteiger partial charge in [0, 0.05) is 26.1 Å². The van der Waals surface area contributed by atoms with Gasteiger partial charge in [0.2, 0.25) is 5.91 Å². The number of ether oxygens (including phenoxy) is 1. The quantitative estimate of drug-likeness (QED) is 0.471. The van der Waals surface area contributed by atoms with Crippen LogP contribution in [0.5, 0.6) is 0 Å². The lowest BCUT2D eigenvalue weighted by Gasteiger charge is -2.26. The van der Waals surface area contributed by atoms with Crippen molar-refractivity contribution in [2.24, 2.45) is 0 Å². The summed E-state index contributed by atoms with van der Waals surface area (Å²) < 4.78 is 5.33. The first-order chi connectivity index (χ1) is 11.3. The summed E-state index contributed by atoms with van der Waals surface area (Å²) in [5, 5.41) is 3.05. The van der Waals surface area contributed by atoms with Gasteiger partial charge in [-0.05, 0) is 19.4 Å². The fourth-order valence-corrected chi connectivity index (χ4v) is 3.04. The molecule has 0 spiro atoms. The molecular weight excluding hydrogens is 324 g/mol. The molecule has 0 unspecified atom stereocenters. The molecule has 1 aliphatic rings. The summed E-state index contributed by atoms with van der Waals surface area (Å²) in [6, 6.07) is 0. The number of hydrogen-bond acceptors (Lipinski definition) is 3. The first-order valence-electron chi connectivity index (χ1n) is 9.89. The van der Waals surface area contributed by atoms with E-state index in [0.29, 0.717) is 6.42 Å². The Morgan fingerprint density at radius 2 is 1.50 bits per heavy atom. The third-order valence-electron chi connectivity index (χ3n) is 4.58. The van der Waals surface area contributed by atoms with Crippen molar-refractivity contribution >= 4 is 18.3 Å². The molecule has 0 aromatic heterocycles. The van der Waals surface area contributed by atoms with Crippen LogP contribution < -0.4 is 5.32 Å². The number of nitrogens with one attached hydrogen (secondary N) is 1. The molecule has 24 heavy (non-hydrogen) atoms. The predicted octanol–water partition coefficient (Wildman–Crippen LogP) is 4.17. The molecule has 1 saturated heterocycles. The Morgan fingerprint density at radius 1 is 0.917 bits per heavy atom. The zero-order chi connectivity index (χ0) is 16.6. The van der Waals surface area contributed by atoms with Crippen LogP contribution in [0.1, 0.15) is 77.6 Å². The Balaban J connectivity index is 0.00000529. The average molecular weight is 363 g/mol. The average Bonchev–Trinajstić information content (AvgIpc) is 2.58. The molecule has 0 aliphatic carbocycles. The van der Waals surface area contributed by atoms with Crippen molar-refractivity contribution in [2.45, 2.75) is 77.6 Å². The Hall–Kier alpha value is -0.320. The molecule has 144 valence electrons. The molecule has 1 fully saturated rings. The number of nitrogens with zero attached hydrogens (tertiary/aromatic N) is 1. The lowest BCUT2D eigenvalue weighted by atomic mass is 10.1. The van der Waals surface area contributed by atoms with Crippen molar-refractivity contribution in [2.75, 3.05) is 39.4 Å². The summed E-state index contributed by atoms with van der Waals surface area (Å²) in [4.78, 5) is 14.2. The minimum atomic E-state index is 0. The van der Waals surface area contributed by atoms with Crippen molar-refractivity contribution in [3.8, 4) is 0 Å². The smallest absolute Gasteiger partial charge is 0.219 e. The van der Waals surface area contributed by atoms with Gasteiger partial charge in [0.15, 0.2) is 0 Å². The highest BCUT2D eigenvalue weighted by Crippen LogP contribution is 2.10. The molecule has 0 atom stereocenters. The van der Waals surface area contributed by atoms with E-state index in [1.165, 1.54) is 51.4 Å². The molecule has 0 radical (unpaired) electrons. The highest BCUT2D eigenvalue weighted by Gasteiger charge is 2.09. The van der Waals surface area contributed by atoms with Crippen molar-refractivity contribution < 1.29 is 9.53 Å². The van der Waals surface area contributed by atoms with Crippen LogP contribution in [0.3, 0.4) is 0 Å². The van der Waals surface area contributed by atoms with E-state index in [-0.39, 0.29) is 18.3 Å². The molecule has 0 bridgehead atoms. The predicted molar refractivity (Wildman–Crippen MR) is 104 cm³/mol. The highest BCUT2D eigenvalue weighted by molar-refractivity contribution is 5.85. The first kappa shape index (κ1) is 23.7. The van der Waals surface area contributed by atoms with Gasteiger partial charge in [0.05, 0.1) is 13.2 Å². The highest BCUT2D eigenvalue weighted by atomic mass is 35.5. The van der Waals surface area contributed by atoms with E-state index >= 15 is 0 Å². The molecule has 0 aromatic carbocycles. The first-order valence-corrected chi connectivity index (χ1v) is 9.89. The lowest BCUT2D eigenvalue weighted by Crippen LogP contribution is -2.38. The minimum Gasteiger partial charge on any atom is -0.379 e. The van der Waals surface area contributed by atoms with Crippen LogP contribution in [0.15, 0.2) is 0 Å². The SMILES string of the molecule is CCCCCCCCCCCC(=O)NCCCN1CCOCC1.Cl. The van der Waals surface area contributed by atoms with Crippen molar-refractivity contribution in [1.29, 1.82) is 0 Å². The maximum atomic E-state index is 11.8. The third-order valence-corrected chi connectivity index (χ3v) is 4.58. The van der Waals surface area contributed by atoms with E-state index in [0.717, 1.165) is 52.2 Å². The van der Waals surface area contributed by atoms with Gasteiger partial charge in [-0.25, -0.2) is 0 Å². The Morgan fingerprint density at radius 3 is 2.12 bits per heavy atom. The van der Waals surface area contributed by atoms with Crippen LogP contribution in [-0.4, -0.2) is 50.2 Å². The fraction of sp³-hybridized carbons (Fsp3) is 0.947. The number of morpholine rings is 1. The molecule has 5 heteroatoms. The van der Waals surface area contributed by atoms with Crippen molar-refractivity contribution in [3.63, 3.8) is 0 Å². The van der Waals surface area contributed by atoms with E-state index in [1.807, 2.05) is 0 Å². The zero-order valence-electron chi connectivity index (χ0n) is 15.7. The van der Waals surface area contributed by atoms with Gasteiger partial charge in [-0.2, -0.15) is 0 Å². The summed E-state index contributed by atoms with van der Waals surface area (Å²) in [5.41, 5.74) is 0. The van der Waals surface area contributed by atoms with Gasteiger partial charge in [-0.1, -0.05) is 58.3 Å². The van der Waals surface area contributed by atoms with E-state index in [1.54, 1.807) is 0 Å². The molecular formula is C19H39ClN2O2. The number of rotatable bonds is 14. The number of unbranched alkanes of at least 4 members (excludes halogenated alkanes) is 8. The monoisotopic (exact) mass is 362 g/mol. The summed E-state index contributed by atoms with van der Waals surface area (Å²) in [6.45, 7) is 7.91. The maximum Gasteiger partial charge on any atom is 0.219 e. The van der Waals surface area contributed by atoms with Gasteiger partial charge >= 0.3 is 0 Å². The van der Waals surface area contributed by atoms with Crippen LogP contribution in [-0.2, 0) is 9.53 Å². The van der Waals surface area contributed by atoms with Crippen molar-refractivity contribution in [3.05, 3.63) is 0 Å². The molecule has 1 heterocycles. The van der Waals surface area contributed by atoms with E-state index < -0.39 is 0 Å². The molecule has 0 aromatic rings. The number of hydrogen-bond donors (Lipinski definition) is 1. The van der Waals surface area contributed by atoms with Crippen LogP contribution >= 0.6 is 12.4 Å². The maximum absolute atomic E-state index is 11.8. The van der Waals surface area contributed by atoms with Crippen LogP contribution in [0.25, 0.3) is 0 Å². The largest absolute Gasteiger partial charge is 0.379 e. The molecule has 1 rings (SSSR count). The molecule has 4 nitrogen and oxygen atoms in total. The van der Waals surface area contributed by atoms with Gasteiger partial charge in [-0.15, -0.1) is 12.4 Å². The zero-order valence-corrected chi connectivity index (χ0v) is 16.5. The Bertz CT molecular complexity index is 285. The summed E-state index contributed by atoms with van der Waals surface area (Å²) in [7, 11) is 0. The molecule has 0 saturated carbocycles. The fourth-order valence-electron chi connectivity index (χ4n) is 3.04. The Kier molecular flexibility index (Phi) is 17.3. The van der Waals surface area contributed by atoms with Gasteiger partial charge < -0.3 is 10.1 Å². The molecule has 1 aliphatic heterocycles. The summed E-state index contributed by atoms with van der Waals surface area (Å²) in [5.74, 6) is 0.231. The normalized spacial score (nSPS) is 15.0. The third kappa shape index (κ3) is 14.1. The van der Waals surface area contributed by atoms with Crippen LogP contribution in [0, 0.1) is 0 Å². The van der Waals surface area contributed by atoms with E-state index in [4.69, 9.17) is 4.74 Å². The molecule has 1 amide bonds. The lowest BCUT2D eigenvalue weighted by molar-refractivity contribution is -0.121. The second-order valence-electron chi connectivity index (χ2n) is 6.74. The number of amides is 1. The van der Waals surface area contributed by atoms with Crippen LogP contribution in [0.2, 0.25) is 0 Å². The van der Waals surface area contributed by atoms with Crippen molar-refractivity contribution in [1.82, 2.24) is 10.2 Å². The second-order valence-corrected chi connectivity index (χ2v) is 6.74. The minimum absolute atomic E-state index is 0.